The van der Waals surface area contributed by atoms with Crippen molar-refractivity contribution >= 4 is 11.7 Å². The van der Waals surface area contributed by atoms with E-state index in [1.165, 1.54) is 4.90 Å². The molecule has 0 aliphatic carbocycles. The van der Waals surface area contributed by atoms with Gasteiger partial charge in [0.15, 0.2) is 0 Å². The minimum atomic E-state index is -0.227. The zero-order valence-electron chi connectivity index (χ0n) is 9.31. The molecule has 0 fully saturated rings. The summed E-state index contributed by atoms with van der Waals surface area (Å²) in [6.07, 6.45) is 0.837. The van der Waals surface area contributed by atoms with Gasteiger partial charge in [-0.2, -0.15) is 5.26 Å². The predicted molar refractivity (Wildman–Crippen MR) is 62.9 cm³/mol. The molecule has 1 aromatic carbocycles. The summed E-state index contributed by atoms with van der Waals surface area (Å²) >= 11 is 0. The highest BCUT2D eigenvalue weighted by molar-refractivity contribution is 5.89. The van der Waals surface area contributed by atoms with Gasteiger partial charge in [-0.3, -0.25) is 0 Å². The van der Waals surface area contributed by atoms with Crippen LogP contribution in [0.5, 0.6) is 0 Å². The fourth-order valence-electron chi connectivity index (χ4n) is 1.33. The van der Waals surface area contributed by atoms with E-state index in [4.69, 9.17) is 5.26 Å². The van der Waals surface area contributed by atoms with Crippen LogP contribution in [0.3, 0.4) is 0 Å². The van der Waals surface area contributed by atoms with Crippen molar-refractivity contribution in [2.24, 2.45) is 0 Å². The summed E-state index contributed by atoms with van der Waals surface area (Å²) in [5, 5.41) is 11.4. The van der Waals surface area contributed by atoms with Crippen LogP contribution in [0.25, 0.3) is 0 Å². The molecule has 0 aromatic heterocycles. The molecular formula is C12H15N3O. The molecule has 0 atom stereocenters. The normalized spacial score (nSPS) is 9.25. The van der Waals surface area contributed by atoms with Crippen LogP contribution >= 0.6 is 0 Å². The van der Waals surface area contributed by atoms with E-state index in [0.717, 1.165) is 12.1 Å². The van der Waals surface area contributed by atoms with E-state index in [1.54, 1.807) is 0 Å². The fourth-order valence-corrected chi connectivity index (χ4v) is 1.33. The van der Waals surface area contributed by atoms with Gasteiger partial charge < -0.3 is 10.2 Å². The molecule has 0 unspecified atom stereocenters. The summed E-state index contributed by atoms with van der Waals surface area (Å²) in [5.74, 6) is 0. The number of anilines is 1. The average Bonchev–Trinajstić information content (AvgIpc) is 2.30. The number of nitrogens with zero attached hydrogens (tertiary/aromatic N) is 2. The Labute approximate surface area is 95.5 Å². The number of nitrogens with one attached hydrogen (secondary N) is 1. The summed E-state index contributed by atoms with van der Waals surface area (Å²) in [4.78, 5) is 13.2. The standard InChI is InChI=1S/C12H15N3O/c1-2-9-15(10-8-13)12(16)14-11-6-4-3-5-7-11/h3-7H,2,9-10H2,1H3,(H,14,16). The molecule has 4 nitrogen and oxygen atoms in total. The van der Waals surface area contributed by atoms with E-state index in [-0.39, 0.29) is 12.6 Å². The molecule has 84 valence electrons. The fraction of sp³-hybridized carbons (Fsp3) is 0.333. The number of urea groups is 1. The molecule has 0 radical (unpaired) electrons. The lowest BCUT2D eigenvalue weighted by Crippen LogP contribution is -2.35. The number of carbonyl (C=O) groups is 1. The van der Waals surface area contributed by atoms with E-state index in [9.17, 15) is 4.79 Å². The Balaban J connectivity index is 2.59. The maximum absolute atomic E-state index is 11.8. The van der Waals surface area contributed by atoms with Gasteiger partial charge in [-0.1, -0.05) is 25.1 Å². The number of rotatable bonds is 4. The molecule has 0 bridgehead atoms. The average molecular weight is 217 g/mol. The molecule has 2 amide bonds. The molecule has 0 aliphatic heterocycles. The van der Waals surface area contributed by atoms with E-state index >= 15 is 0 Å². The Morgan fingerprint density at radius 2 is 2.12 bits per heavy atom. The molecule has 1 rings (SSSR count). The van der Waals surface area contributed by atoms with Crippen molar-refractivity contribution in [2.75, 3.05) is 18.4 Å². The Morgan fingerprint density at radius 1 is 1.44 bits per heavy atom. The number of benzene rings is 1. The Hall–Kier alpha value is -2.02. The van der Waals surface area contributed by atoms with Gasteiger partial charge in [0.25, 0.3) is 0 Å². The monoisotopic (exact) mass is 217 g/mol. The highest BCUT2D eigenvalue weighted by Crippen LogP contribution is 2.06. The number of amides is 2. The molecular weight excluding hydrogens is 202 g/mol. The first-order valence-corrected chi connectivity index (χ1v) is 5.26. The van der Waals surface area contributed by atoms with Crippen LogP contribution in [0.1, 0.15) is 13.3 Å². The zero-order chi connectivity index (χ0) is 11.8. The quantitative estimate of drug-likeness (QED) is 0.787. The SMILES string of the molecule is CCCN(CC#N)C(=O)Nc1ccccc1. The van der Waals surface area contributed by atoms with E-state index in [2.05, 4.69) is 5.32 Å². The third kappa shape index (κ3) is 3.62. The molecule has 0 saturated carbocycles. The van der Waals surface area contributed by atoms with Crippen LogP contribution in [0, 0.1) is 11.3 Å². The summed E-state index contributed by atoms with van der Waals surface area (Å²) in [5.41, 5.74) is 0.742. The van der Waals surface area contributed by atoms with Crippen LogP contribution in [0.15, 0.2) is 30.3 Å². The number of hydrogen-bond acceptors (Lipinski definition) is 2. The summed E-state index contributed by atoms with van der Waals surface area (Å²) < 4.78 is 0. The highest BCUT2D eigenvalue weighted by atomic mass is 16.2. The van der Waals surface area contributed by atoms with Gasteiger partial charge >= 0.3 is 6.03 Å². The first-order chi connectivity index (χ1) is 7.77. The third-order valence-corrected chi connectivity index (χ3v) is 2.07. The summed E-state index contributed by atoms with van der Waals surface area (Å²) in [6, 6.07) is 11.0. The van der Waals surface area contributed by atoms with Gasteiger partial charge in [0.2, 0.25) is 0 Å². The number of carbonyl (C=O) groups excluding carboxylic acids is 1. The van der Waals surface area contributed by atoms with Gasteiger partial charge in [0.05, 0.1) is 6.07 Å². The molecule has 0 spiro atoms. The first-order valence-electron chi connectivity index (χ1n) is 5.26. The first kappa shape index (κ1) is 12.1. The molecule has 0 heterocycles. The van der Waals surface area contributed by atoms with Gasteiger partial charge in [-0.25, -0.2) is 4.79 Å². The Kier molecular flexibility index (Phi) is 4.87. The van der Waals surface area contributed by atoms with Crippen LogP contribution in [0.4, 0.5) is 10.5 Å². The van der Waals surface area contributed by atoms with Gasteiger partial charge in [-0.15, -0.1) is 0 Å². The summed E-state index contributed by atoms with van der Waals surface area (Å²) in [6.45, 7) is 2.68. The minimum absolute atomic E-state index is 0.118. The van der Waals surface area contributed by atoms with E-state index in [1.807, 2.05) is 43.3 Å². The second-order valence-corrected chi connectivity index (χ2v) is 3.38. The van der Waals surface area contributed by atoms with Crippen LogP contribution in [-0.4, -0.2) is 24.0 Å². The maximum atomic E-state index is 11.8. The lowest BCUT2D eigenvalue weighted by atomic mass is 10.3. The van der Waals surface area contributed by atoms with E-state index in [0.29, 0.717) is 6.54 Å². The molecule has 0 aliphatic rings. The van der Waals surface area contributed by atoms with Crippen molar-refractivity contribution in [3.63, 3.8) is 0 Å². The van der Waals surface area contributed by atoms with Gasteiger partial charge in [-0.05, 0) is 18.6 Å². The highest BCUT2D eigenvalue weighted by Gasteiger charge is 2.11. The van der Waals surface area contributed by atoms with Gasteiger partial charge in [0, 0.05) is 12.2 Å². The van der Waals surface area contributed by atoms with Gasteiger partial charge in [0.1, 0.15) is 6.54 Å². The summed E-state index contributed by atoms with van der Waals surface area (Å²) in [7, 11) is 0. The zero-order valence-corrected chi connectivity index (χ0v) is 9.31. The largest absolute Gasteiger partial charge is 0.322 e. The van der Waals surface area contributed by atoms with Crippen molar-refractivity contribution in [1.82, 2.24) is 4.90 Å². The Morgan fingerprint density at radius 3 is 2.69 bits per heavy atom. The number of para-hydroxylation sites is 1. The molecule has 4 heteroatoms. The number of nitriles is 1. The topological polar surface area (TPSA) is 56.1 Å². The molecule has 0 saturated heterocycles. The van der Waals surface area contributed by atoms with E-state index < -0.39 is 0 Å². The van der Waals surface area contributed by atoms with Crippen LogP contribution in [-0.2, 0) is 0 Å². The van der Waals surface area contributed by atoms with Crippen LogP contribution < -0.4 is 5.32 Å². The number of hydrogen-bond donors (Lipinski definition) is 1. The molecule has 1 aromatic rings. The second-order valence-electron chi connectivity index (χ2n) is 3.38. The van der Waals surface area contributed by atoms with Crippen molar-refractivity contribution in [3.8, 4) is 6.07 Å². The van der Waals surface area contributed by atoms with Crippen molar-refractivity contribution in [2.45, 2.75) is 13.3 Å². The lowest BCUT2D eigenvalue weighted by Gasteiger charge is -2.19. The smallest absolute Gasteiger partial charge is 0.311 e. The molecule has 16 heavy (non-hydrogen) atoms. The molecule has 1 N–H and O–H groups in total. The Bertz CT molecular complexity index is 370. The maximum Gasteiger partial charge on any atom is 0.322 e. The van der Waals surface area contributed by atoms with Crippen molar-refractivity contribution in [3.05, 3.63) is 30.3 Å². The van der Waals surface area contributed by atoms with Crippen molar-refractivity contribution in [1.29, 1.82) is 5.26 Å². The lowest BCUT2D eigenvalue weighted by molar-refractivity contribution is 0.218. The minimum Gasteiger partial charge on any atom is -0.311 e. The van der Waals surface area contributed by atoms with Crippen LogP contribution in [0.2, 0.25) is 0 Å². The predicted octanol–water partition coefficient (Wildman–Crippen LogP) is 2.45. The third-order valence-electron chi connectivity index (χ3n) is 2.07. The second kappa shape index (κ2) is 6.46. The van der Waals surface area contributed by atoms with Crippen molar-refractivity contribution < 1.29 is 4.79 Å².